The van der Waals surface area contributed by atoms with Gasteiger partial charge in [0.2, 0.25) is 5.91 Å². The van der Waals surface area contributed by atoms with Crippen molar-refractivity contribution in [1.29, 1.82) is 0 Å². The Morgan fingerprint density at radius 1 is 1.24 bits per heavy atom. The first-order chi connectivity index (χ1) is 11.8. The molecule has 0 unspecified atom stereocenters. The van der Waals surface area contributed by atoms with E-state index in [0.717, 1.165) is 24.4 Å². The van der Waals surface area contributed by atoms with Gasteiger partial charge < -0.3 is 15.4 Å². The zero-order valence-electron chi connectivity index (χ0n) is 15.6. The van der Waals surface area contributed by atoms with Crippen LogP contribution >= 0.6 is 11.3 Å². The number of rotatable bonds is 7. The van der Waals surface area contributed by atoms with Crippen molar-refractivity contribution < 1.29 is 9.53 Å². The molecule has 1 amide bonds. The molecule has 0 saturated carbocycles. The fraction of sp³-hybridized carbons (Fsp3) is 0.474. The van der Waals surface area contributed by atoms with Crippen LogP contribution in [-0.4, -0.2) is 31.1 Å². The maximum Gasteiger partial charge on any atom is 0.240 e. The molecule has 5 nitrogen and oxygen atoms in total. The molecule has 0 saturated heterocycles. The highest BCUT2D eigenvalue weighted by molar-refractivity contribution is 7.15. The number of amides is 1. The molecule has 25 heavy (non-hydrogen) atoms. The number of aromatic nitrogens is 1. The lowest BCUT2D eigenvalue weighted by Crippen LogP contribution is -2.27. The van der Waals surface area contributed by atoms with Gasteiger partial charge in [0.1, 0.15) is 5.75 Å². The second-order valence-corrected chi connectivity index (χ2v) is 7.98. The van der Waals surface area contributed by atoms with Crippen LogP contribution in [0.25, 0.3) is 0 Å². The summed E-state index contributed by atoms with van der Waals surface area (Å²) >= 11 is 1.55. The van der Waals surface area contributed by atoms with Crippen molar-refractivity contribution in [3.05, 3.63) is 40.4 Å². The van der Waals surface area contributed by atoms with Crippen LogP contribution in [0.5, 0.6) is 5.75 Å². The maximum atomic E-state index is 11.9. The van der Waals surface area contributed by atoms with Gasteiger partial charge in [-0.1, -0.05) is 39.8 Å². The Hall–Kier alpha value is -1.92. The molecule has 0 spiro atoms. The van der Waals surface area contributed by atoms with Gasteiger partial charge >= 0.3 is 0 Å². The topological polar surface area (TPSA) is 63.2 Å². The van der Waals surface area contributed by atoms with Crippen LogP contribution in [0.3, 0.4) is 0 Å². The molecule has 1 aromatic carbocycles. The number of methoxy groups -OCH3 is 1. The zero-order chi connectivity index (χ0) is 18.4. The van der Waals surface area contributed by atoms with Gasteiger partial charge in [0.15, 0.2) is 5.13 Å². The summed E-state index contributed by atoms with van der Waals surface area (Å²) in [5.41, 5.74) is 2.15. The molecule has 136 valence electrons. The van der Waals surface area contributed by atoms with Gasteiger partial charge in [-0.15, -0.1) is 11.3 Å². The molecule has 0 radical (unpaired) electrons. The number of nitrogens with one attached hydrogen (secondary N) is 2. The van der Waals surface area contributed by atoms with Crippen molar-refractivity contribution in [3.63, 3.8) is 0 Å². The Morgan fingerprint density at radius 2 is 1.92 bits per heavy atom. The van der Waals surface area contributed by atoms with E-state index in [1.54, 1.807) is 18.4 Å². The van der Waals surface area contributed by atoms with E-state index in [1.807, 2.05) is 19.1 Å². The second kappa shape index (κ2) is 8.45. The third kappa shape index (κ3) is 5.54. The number of anilines is 1. The van der Waals surface area contributed by atoms with Crippen LogP contribution in [0.2, 0.25) is 0 Å². The lowest BCUT2D eigenvalue weighted by atomic mass is 9.90. The summed E-state index contributed by atoms with van der Waals surface area (Å²) in [6.07, 6.45) is 0.789. The summed E-state index contributed by atoms with van der Waals surface area (Å²) in [6.45, 7) is 9.47. The fourth-order valence-electron chi connectivity index (χ4n) is 2.44. The molecule has 2 N–H and O–H groups in total. The molecule has 0 fully saturated rings. The number of ether oxygens (including phenoxy) is 1. The van der Waals surface area contributed by atoms with Crippen LogP contribution in [0.1, 0.15) is 43.8 Å². The van der Waals surface area contributed by atoms with Crippen molar-refractivity contribution in [1.82, 2.24) is 10.3 Å². The molecule has 0 atom stereocenters. The predicted octanol–water partition coefficient (Wildman–Crippen LogP) is 3.59. The quantitative estimate of drug-likeness (QED) is 0.791. The van der Waals surface area contributed by atoms with Gasteiger partial charge in [-0.2, -0.15) is 0 Å². The largest absolute Gasteiger partial charge is 0.497 e. The molecular formula is C19H27N3O2S. The fourth-order valence-corrected chi connectivity index (χ4v) is 3.66. The van der Waals surface area contributed by atoms with Crippen molar-refractivity contribution in [2.45, 2.75) is 39.5 Å². The van der Waals surface area contributed by atoms with Gasteiger partial charge in [0.25, 0.3) is 0 Å². The molecule has 0 aliphatic carbocycles. The lowest BCUT2D eigenvalue weighted by Gasteiger charge is -2.17. The van der Waals surface area contributed by atoms with Crippen molar-refractivity contribution >= 4 is 22.4 Å². The Bertz CT molecular complexity index is 702. The van der Waals surface area contributed by atoms with Gasteiger partial charge in [0.05, 0.1) is 19.3 Å². The van der Waals surface area contributed by atoms with E-state index in [0.29, 0.717) is 11.7 Å². The Morgan fingerprint density at radius 3 is 2.48 bits per heavy atom. The first-order valence-corrected chi connectivity index (χ1v) is 9.28. The van der Waals surface area contributed by atoms with Crippen LogP contribution < -0.4 is 15.4 Å². The summed E-state index contributed by atoms with van der Waals surface area (Å²) in [4.78, 5) is 17.8. The highest BCUT2D eigenvalue weighted by Gasteiger charge is 2.24. The normalized spacial score (nSPS) is 11.4. The Labute approximate surface area is 153 Å². The van der Waals surface area contributed by atoms with Crippen LogP contribution in [0, 0.1) is 0 Å². The first-order valence-electron chi connectivity index (χ1n) is 8.47. The van der Waals surface area contributed by atoms with Crippen LogP contribution in [-0.2, 0) is 16.6 Å². The Kier molecular flexibility index (Phi) is 6.56. The van der Waals surface area contributed by atoms with Gasteiger partial charge in [-0.25, -0.2) is 4.98 Å². The Balaban J connectivity index is 2.21. The highest BCUT2D eigenvalue weighted by atomic mass is 32.1. The van der Waals surface area contributed by atoms with Crippen LogP contribution in [0.15, 0.2) is 24.3 Å². The average molecular weight is 362 g/mol. The smallest absolute Gasteiger partial charge is 0.240 e. The van der Waals surface area contributed by atoms with Gasteiger partial charge in [0, 0.05) is 16.7 Å². The molecular weight excluding hydrogens is 334 g/mol. The van der Waals surface area contributed by atoms with Gasteiger partial charge in [-0.05, 0) is 24.2 Å². The second-order valence-electron chi connectivity index (χ2n) is 6.89. The summed E-state index contributed by atoms with van der Waals surface area (Å²) in [5.74, 6) is 0.785. The van der Waals surface area contributed by atoms with Gasteiger partial charge in [-0.3, -0.25) is 4.79 Å². The van der Waals surface area contributed by atoms with Crippen molar-refractivity contribution in [3.8, 4) is 5.75 Å². The first kappa shape index (κ1) is 19.4. The summed E-state index contributed by atoms with van der Waals surface area (Å²) in [7, 11) is 1.66. The van der Waals surface area contributed by atoms with E-state index in [4.69, 9.17) is 9.72 Å². The van der Waals surface area contributed by atoms with E-state index in [2.05, 4.69) is 43.5 Å². The minimum Gasteiger partial charge on any atom is -0.497 e. The minimum absolute atomic E-state index is 0.0629. The number of hydrogen-bond donors (Lipinski definition) is 2. The number of carbonyl (C=O) groups excluding carboxylic acids is 1. The van der Waals surface area contributed by atoms with Crippen molar-refractivity contribution in [2.75, 3.05) is 25.5 Å². The maximum absolute atomic E-state index is 11.9. The third-order valence-corrected chi connectivity index (χ3v) is 4.68. The third-order valence-electron chi connectivity index (χ3n) is 3.71. The number of likely N-dealkylation sites (N-methyl/N-ethyl adjacent to an activating group) is 1. The molecule has 1 aromatic heterocycles. The minimum atomic E-state index is -0.0804. The van der Waals surface area contributed by atoms with E-state index in [9.17, 15) is 4.79 Å². The SMILES string of the molecule is CCNCC(=O)Nc1nc(C(C)(C)C)c(Cc2ccc(OC)cc2)s1. The number of thiazole rings is 1. The molecule has 2 rings (SSSR count). The van der Waals surface area contributed by atoms with E-state index in [1.165, 1.54) is 10.4 Å². The van der Waals surface area contributed by atoms with E-state index < -0.39 is 0 Å². The number of hydrogen-bond acceptors (Lipinski definition) is 5. The molecule has 1 heterocycles. The number of carbonyl (C=O) groups is 1. The van der Waals surface area contributed by atoms with Crippen molar-refractivity contribution in [2.24, 2.45) is 0 Å². The predicted molar refractivity (Wildman–Crippen MR) is 104 cm³/mol. The molecule has 0 aliphatic heterocycles. The standard InChI is InChI=1S/C19H27N3O2S/c1-6-20-12-16(23)21-18-22-17(19(2,3)4)15(25-18)11-13-7-9-14(24-5)10-8-13/h7-10,20H,6,11-12H2,1-5H3,(H,21,22,23). The highest BCUT2D eigenvalue weighted by Crippen LogP contribution is 2.33. The lowest BCUT2D eigenvalue weighted by molar-refractivity contribution is -0.115. The summed E-state index contributed by atoms with van der Waals surface area (Å²) < 4.78 is 5.21. The zero-order valence-corrected chi connectivity index (χ0v) is 16.4. The molecule has 0 bridgehead atoms. The molecule has 2 aromatic rings. The average Bonchev–Trinajstić information content (AvgIpc) is 2.96. The molecule has 0 aliphatic rings. The molecule has 6 heteroatoms. The summed E-state index contributed by atoms with van der Waals surface area (Å²) in [5, 5.41) is 6.59. The number of benzene rings is 1. The number of nitrogens with zero attached hydrogens (tertiary/aromatic N) is 1. The van der Waals surface area contributed by atoms with Crippen LogP contribution in [0.4, 0.5) is 5.13 Å². The van der Waals surface area contributed by atoms with E-state index >= 15 is 0 Å². The monoisotopic (exact) mass is 361 g/mol. The van der Waals surface area contributed by atoms with E-state index in [-0.39, 0.29) is 11.3 Å². The summed E-state index contributed by atoms with van der Waals surface area (Å²) in [6, 6.07) is 8.06.